The normalized spacial score (nSPS) is 10.6. The first-order valence-corrected chi connectivity index (χ1v) is 6.01. The monoisotopic (exact) mass is 346 g/mol. The molecule has 0 atom stereocenters. The lowest BCUT2D eigenvalue weighted by Crippen LogP contribution is -2.01. The molecule has 2 aromatic rings. The third-order valence-corrected chi connectivity index (χ3v) is 3.54. The molecule has 0 spiro atoms. The average Bonchev–Trinajstić information content (AvgIpc) is 2.30. The second-order valence-corrected chi connectivity index (χ2v) is 4.63. The number of aryl methyl sites for hydroxylation is 1. The van der Waals surface area contributed by atoms with E-state index in [2.05, 4.69) is 22.6 Å². The fourth-order valence-corrected chi connectivity index (χ4v) is 2.50. The van der Waals surface area contributed by atoms with Gasteiger partial charge in [0.05, 0.1) is 23.2 Å². The number of ether oxygens (including phenoxy) is 2. The van der Waals surface area contributed by atoms with Crippen LogP contribution in [0.25, 0.3) is 11.0 Å². The van der Waals surface area contributed by atoms with Crippen LogP contribution in [0.2, 0.25) is 0 Å². The highest BCUT2D eigenvalue weighted by molar-refractivity contribution is 14.1. The molecule has 0 saturated heterocycles. The molecule has 0 N–H and O–H groups in total. The van der Waals surface area contributed by atoms with Crippen molar-refractivity contribution in [1.29, 1.82) is 0 Å². The van der Waals surface area contributed by atoms with E-state index in [9.17, 15) is 4.79 Å². The van der Waals surface area contributed by atoms with Crippen molar-refractivity contribution in [3.8, 4) is 11.5 Å². The first kappa shape index (κ1) is 12.2. The Bertz CT molecular complexity index is 630. The van der Waals surface area contributed by atoms with E-state index in [4.69, 9.17) is 13.9 Å². The van der Waals surface area contributed by atoms with Crippen LogP contribution in [0.4, 0.5) is 0 Å². The summed E-state index contributed by atoms with van der Waals surface area (Å²) in [6.45, 7) is 1.85. The maximum atomic E-state index is 11.4. The van der Waals surface area contributed by atoms with Gasteiger partial charge in [-0.2, -0.15) is 0 Å². The van der Waals surface area contributed by atoms with Crippen LogP contribution >= 0.6 is 22.6 Å². The summed E-state index contributed by atoms with van der Waals surface area (Å²) in [4.78, 5) is 11.4. The van der Waals surface area contributed by atoms with Crippen molar-refractivity contribution in [1.82, 2.24) is 0 Å². The molecule has 0 bridgehead atoms. The Kier molecular flexibility index (Phi) is 3.28. The highest BCUT2D eigenvalue weighted by Gasteiger charge is 2.16. The van der Waals surface area contributed by atoms with Crippen molar-refractivity contribution in [3.05, 3.63) is 31.7 Å². The van der Waals surface area contributed by atoms with Gasteiger partial charge in [-0.1, -0.05) is 0 Å². The van der Waals surface area contributed by atoms with Gasteiger partial charge in [-0.25, -0.2) is 4.79 Å². The number of benzene rings is 1. The molecule has 90 valence electrons. The molecule has 0 saturated carbocycles. The van der Waals surface area contributed by atoms with Gasteiger partial charge in [0.15, 0.2) is 5.58 Å². The zero-order chi connectivity index (χ0) is 12.6. The van der Waals surface area contributed by atoms with Crippen LogP contribution in [-0.4, -0.2) is 14.2 Å². The van der Waals surface area contributed by atoms with Crippen molar-refractivity contribution < 1.29 is 13.9 Å². The highest BCUT2D eigenvalue weighted by Crippen LogP contribution is 2.37. The molecule has 4 nitrogen and oxygen atoms in total. The molecule has 0 radical (unpaired) electrons. The zero-order valence-electron chi connectivity index (χ0n) is 9.67. The number of rotatable bonds is 2. The van der Waals surface area contributed by atoms with Crippen molar-refractivity contribution in [2.75, 3.05) is 14.2 Å². The van der Waals surface area contributed by atoms with E-state index in [1.165, 1.54) is 6.07 Å². The van der Waals surface area contributed by atoms with Crippen LogP contribution in [-0.2, 0) is 0 Å². The number of hydrogen-bond donors (Lipinski definition) is 0. The quantitative estimate of drug-likeness (QED) is 0.620. The fraction of sp³-hybridized carbons (Fsp3) is 0.250. The lowest BCUT2D eigenvalue weighted by molar-refractivity contribution is 0.393. The van der Waals surface area contributed by atoms with Crippen molar-refractivity contribution in [2.45, 2.75) is 6.92 Å². The molecule has 0 fully saturated rings. The molecule has 0 aliphatic heterocycles. The number of halogens is 1. The second kappa shape index (κ2) is 4.56. The van der Waals surface area contributed by atoms with Gasteiger partial charge >= 0.3 is 5.63 Å². The van der Waals surface area contributed by atoms with E-state index in [0.29, 0.717) is 17.1 Å². The van der Waals surface area contributed by atoms with Gasteiger partial charge in [0.2, 0.25) is 0 Å². The molecular weight excluding hydrogens is 335 g/mol. The first-order chi connectivity index (χ1) is 8.08. The Morgan fingerprint density at radius 2 is 1.82 bits per heavy atom. The third kappa shape index (κ3) is 1.99. The first-order valence-electron chi connectivity index (χ1n) is 4.93. The Morgan fingerprint density at radius 3 is 2.41 bits per heavy atom. The summed E-state index contributed by atoms with van der Waals surface area (Å²) in [6, 6.07) is 3.24. The minimum absolute atomic E-state index is 0.372. The largest absolute Gasteiger partial charge is 0.496 e. The predicted octanol–water partition coefficient (Wildman–Crippen LogP) is 2.72. The molecule has 0 aliphatic carbocycles. The Labute approximate surface area is 112 Å². The van der Waals surface area contributed by atoms with Gasteiger partial charge in [-0.3, -0.25) is 0 Å². The minimum atomic E-state index is -0.372. The molecule has 1 heterocycles. The average molecular weight is 346 g/mol. The summed E-state index contributed by atoms with van der Waals surface area (Å²) < 4.78 is 16.5. The minimum Gasteiger partial charge on any atom is -0.496 e. The summed E-state index contributed by atoms with van der Waals surface area (Å²) in [6.07, 6.45) is 0. The van der Waals surface area contributed by atoms with E-state index in [1.54, 1.807) is 20.3 Å². The molecule has 0 aliphatic rings. The molecule has 17 heavy (non-hydrogen) atoms. The lowest BCUT2D eigenvalue weighted by Gasteiger charge is -2.11. The number of fused-ring (bicyclic) bond motifs is 1. The number of methoxy groups -OCH3 is 2. The summed E-state index contributed by atoms with van der Waals surface area (Å²) in [7, 11) is 3.14. The van der Waals surface area contributed by atoms with Gasteiger partial charge < -0.3 is 13.9 Å². The molecule has 0 amide bonds. The molecule has 5 heteroatoms. The van der Waals surface area contributed by atoms with Gasteiger partial charge in [0.25, 0.3) is 0 Å². The fourth-order valence-electron chi connectivity index (χ4n) is 1.75. The van der Waals surface area contributed by atoms with Crippen LogP contribution in [0.1, 0.15) is 5.56 Å². The van der Waals surface area contributed by atoms with E-state index in [0.717, 1.165) is 14.5 Å². The summed E-state index contributed by atoms with van der Waals surface area (Å²) in [5, 5.41) is 0.803. The van der Waals surface area contributed by atoms with Gasteiger partial charge in [0, 0.05) is 12.1 Å². The maximum Gasteiger partial charge on any atom is 0.336 e. The topological polar surface area (TPSA) is 48.7 Å². The summed E-state index contributed by atoms with van der Waals surface area (Å²) in [5.74, 6) is 1.27. The Hall–Kier alpha value is -1.24. The maximum absolute atomic E-state index is 11.4. The number of hydrogen-bond acceptors (Lipinski definition) is 4. The van der Waals surface area contributed by atoms with Gasteiger partial charge in [0.1, 0.15) is 11.5 Å². The van der Waals surface area contributed by atoms with E-state index in [-0.39, 0.29) is 5.63 Å². The van der Waals surface area contributed by atoms with Crippen LogP contribution in [0, 0.1) is 10.5 Å². The standard InChI is InChI=1S/C12H11IO4/c1-6-4-9(14)17-12-10(6)7(15-2)5-8(16-3)11(12)13/h4-5H,1-3H3. The molecule has 0 unspecified atom stereocenters. The van der Waals surface area contributed by atoms with Gasteiger partial charge in [-0.15, -0.1) is 0 Å². The molecular formula is C12H11IO4. The molecule has 1 aromatic carbocycles. The van der Waals surface area contributed by atoms with E-state index >= 15 is 0 Å². The second-order valence-electron chi connectivity index (χ2n) is 3.55. The molecule has 2 rings (SSSR count). The van der Waals surface area contributed by atoms with Gasteiger partial charge in [-0.05, 0) is 35.1 Å². The van der Waals surface area contributed by atoms with Crippen molar-refractivity contribution in [2.24, 2.45) is 0 Å². The smallest absolute Gasteiger partial charge is 0.336 e. The van der Waals surface area contributed by atoms with Crippen molar-refractivity contribution >= 4 is 33.6 Å². The van der Waals surface area contributed by atoms with Crippen molar-refractivity contribution in [3.63, 3.8) is 0 Å². The van der Waals surface area contributed by atoms with Crippen LogP contribution in [0.3, 0.4) is 0 Å². The predicted molar refractivity (Wildman–Crippen MR) is 73.0 cm³/mol. The lowest BCUT2D eigenvalue weighted by atomic mass is 10.1. The van der Waals surface area contributed by atoms with E-state index in [1.807, 2.05) is 6.92 Å². The summed E-state index contributed by atoms with van der Waals surface area (Å²) in [5.41, 5.74) is 0.962. The zero-order valence-corrected chi connectivity index (χ0v) is 11.8. The Balaban J connectivity index is 2.99. The highest BCUT2D eigenvalue weighted by atomic mass is 127. The van der Waals surface area contributed by atoms with Crippen LogP contribution in [0.5, 0.6) is 11.5 Å². The SMILES string of the molecule is COc1cc(OC)c2c(C)cc(=O)oc2c1I. The van der Waals surface area contributed by atoms with Crippen LogP contribution in [0.15, 0.2) is 21.3 Å². The summed E-state index contributed by atoms with van der Waals surface area (Å²) >= 11 is 2.09. The van der Waals surface area contributed by atoms with Crippen LogP contribution < -0.4 is 15.1 Å². The Morgan fingerprint density at radius 1 is 1.18 bits per heavy atom. The molecule has 1 aromatic heterocycles. The van der Waals surface area contributed by atoms with E-state index < -0.39 is 0 Å². The third-order valence-electron chi connectivity index (χ3n) is 2.52.